The molecule has 1 N–H and O–H groups in total. The quantitative estimate of drug-likeness (QED) is 0.892. The highest BCUT2D eigenvalue weighted by Gasteiger charge is 2.06. The maximum absolute atomic E-state index is 5.96. The molecular formula is C16H18ClNO. The van der Waals surface area contributed by atoms with E-state index in [1.165, 1.54) is 5.56 Å². The minimum atomic E-state index is 0.554. The van der Waals surface area contributed by atoms with Crippen LogP contribution in [-0.2, 0) is 13.2 Å². The Labute approximate surface area is 119 Å². The van der Waals surface area contributed by atoms with Gasteiger partial charge in [-0.05, 0) is 37.2 Å². The van der Waals surface area contributed by atoms with Gasteiger partial charge < -0.3 is 10.1 Å². The second-order valence-electron chi connectivity index (χ2n) is 4.51. The molecule has 0 atom stereocenters. The molecule has 2 rings (SSSR count). The Morgan fingerprint density at radius 1 is 1.11 bits per heavy atom. The van der Waals surface area contributed by atoms with E-state index in [2.05, 4.69) is 30.4 Å². The van der Waals surface area contributed by atoms with Gasteiger partial charge in [0.15, 0.2) is 0 Å². The molecule has 2 aromatic rings. The lowest BCUT2D eigenvalue weighted by Crippen LogP contribution is -2.08. The minimum absolute atomic E-state index is 0.554. The van der Waals surface area contributed by atoms with E-state index in [1.807, 2.05) is 31.3 Å². The third-order valence-electron chi connectivity index (χ3n) is 2.96. The van der Waals surface area contributed by atoms with E-state index in [4.69, 9.17) is 16.3 Å². The van der Waals surface area contributed by atoms with Crippen molar-refractivity contribution >= 4 is 11.6 Å². The van der Waals surface area contributed by atoms with Gasteiger partial charge in [-0.1, -0.05) is 41.9 Å². The predicted octanol–water partition coefficient (Wildman–Crippen LogP) is 3.95. The molecule has 0 heterocycles. The lowest BCUT2D eigenvalue weighted by molar-refractivity contribution is 0.300. The van der Waals surface area contributed by atoms with Crippen LogP contribution in [0.4, 0.5) is 0 Å². The Balaban J connectivity index is 2.12. The van der Waals surface area contributed by atoms with Gasteiger partial charge in [-0.25, -0.2) is 0 Å². The van der Waals surface area contributed by atoms with Gasteiger partial charge in [0.05, 0.1) is 0 Å². The number of nitrogens with one attached hydrogen (secondary N) is 1. The lowest BCUT2D eigenvalue weighted by Gasteiger charge is -2.14. The van der Waals surface area contributed by atoms with Gasteiger partial charge >= 0.3 is 0 Å². The molecular weight excluding hydrogens is 258 g/mol. The largest absolute Gasteiger partial charge is 0.488 e. The smallest absolute Gasteiger partial charge is 0.127 e. The fraction of sp³-hybridized carbons (Fsp3) is 0.250. The van der Waals surface area contributed by atoms with Crippen LogP contribution in [0.2, 0.25) is 5.02 Å². The van der Waals surface area contributed by atoms with E-state index in [9.17, 15) is 0 Å². The molecule has 0 spiro atoms. The van der Waals surface area contributed by atoms with E-state index < -0.39 is 0 Å². The Hall–Kier alpha value is -1.51. The van der Waals surface area contributed by atoms with Gasteiger partial charge in [-0.15, -0.1) is 0 Å². The van der Waals surface area contributed by atoms with Gasteiger partial charge in [-0.3, -0.25) is 0 Å². The summed E-state index contributed by atoms with van der Waals surface area (Å²) in [6.45, 7) is 3.42. The molecule has 0 aromatic heterocycles. The van der Waals surface area contributed by atoms with Crippen molar-refractivity contribution in [3.63, 3.8) is 0 Å². The van der Waals surface area contributed by atoms with Crippen molar-refractivity contribution in [1.82, 2.24) is 5.32 Å². The maximum Gasteiger partial charge on any atom is 0.127 e. The number of aryl methyl sites for hydroxylation is 1. The van der Waals surface area contributed by atoms with E-state index in [-0.39, 0.29) is 0 Å². The lowest BCUT2D eigenvalue weighted by atomic mass is 10.1. The number of benzene rings is 2. The second kappa shape index (κ2) is 6.60. The summed E-state index contributed by atoms with van der Waals surface area (Å²) < 4.78 is 5.96. The molecule has 0 saturated carbocycles. The first-order chi connectivity index (χ1) is 9.20. The molecule has 0 radical (unpaired) electrons. The van der Waals surface area contributed by atoms with Crippen molar-refractivity contribution in [1.29, 1.82) is 0 Å². The SMILES string of the molecule is CNCc1cccc(C)c1OCc1ccc(Cl)cc1. The van der Waals surface area contributed by atoms with Gasteiger partial charge in [0.25, 0.3) is 0 Å². The second-order valence-corrected chi connectivity index (χ2v) is 4.95. The summed E-state index contributed by atoms with van der Waals surface area (Å²) in [6.07, 6.45) is 0. The van der Waals surface area contributed by atoms with Crippen molar-refractivity contribution in [3.05, 3.63) is 64.2 Å². The number of para-hydroxylation sites is 1. The molecule has 0 bridgehead atoms. The Bertz CT molecular complexity index is 537. The summed E-state index contributed by atoms with van der Waals surface area (Å²) in [6, 6.07) is 13.9. The first kappa shape index (κ1) is 13.9. The van der Waals surface area contributed by atoms with Crippen LogP contribution < -0.4 is 10.1 Å². The van der Waals surface area contributed by atoms with Crippen molar-refractivity contribution in [3.8, 4) is 5.75 Å². The van der Waals surface area contributed by atoms with Crippen LogP contribution in [-0.4, -0.2) is 7.05 Å². The fourth-order valence-corrected chi connectivity index (χ4v) is 2.11. The van der Waals surface area contributed by atoms with Gasteiger partial charge in [0.2, 0.25) is 0 Å². The van der Waals surface area contributed by atoms with Crippen molar-refractivity contribution in [2.45, 2.75) is 20.1 Å². The third kappa shape index (κ3) is 3.72. The van der Waals surface area contributed by atoms with Crippen LogP contribution in [0, 0.1) is 6.92 Å². The van der Waals surface area contributed by atoms with Crippen LogP contribution in [0.5, 0.6) is 5.75 Å². The minimum Gasteiger partial charge on any atom is -0.488 e. The van der Waals surface area contributed by atoms with Crippen LogP contribution in [0.15, 0.2) is 42.5 Å². The predicted molar refractivity (Wildman–Crippen MR) is 79.7 cm³/mol. The highest BCUT2D eigenvalue weighted by Crippen LogP contribution is 2.24. The summed E-state index contributed by atoms with van der Waals surface area (Å²) in [5.74, 6) is 0.965. The van der Waals surface area contributed by atoms with E-state index in [0.717, 1.165) is 28.4 Å². The Morgan fingerprint density at radius 2 is 1.84 bits per heavy atom. The molecule has 100 valence electrons. The zero-order valence-electron chi connectivity index (χ0n) is 11.2. The standard InChI is InChI=1S/C16H18ClNO/c1-12-4-3-5-14(10-18-2)16(12)19-11-13-6-8-15(17)9-7-13/h3-9,18H,10-11H2,1-2H3. The van der Waals surface area contributed by atoms with Crippen LogP contribution >= 0.6 is 11.6 Å². The number of rotatable bonds is 5. The van der Waals surface area contributed by atoms with E-state index in [1.54, 1.807) is 0 Å². The monoisotopic (exact) mass is 275 g/mol. The molecule has 0 unspecified atom stereocenters. The van der Waals surface area contributed by atoms with Crippen LogP contribution in [0.1, 0.15) is 16.7 Å². The molecule has 0 aliphatic carbocycles. The molecule has 0 amide bonds. The zero-order valence-corrected chi connectivity index (χ0v) is 12.0. The molecule has 3 heteroatoms. The van der Waals surface area contributed by atoms with Crippen LogP contribution in [0.3, 0.4) is 0 Å². The third-order valence-corrected chi connectivity index (χ3v) is 3.21. The first-order valence-corrected chi connectivity index (χ1v) is 6.69. The topological polar surface area (TPSA) is 21.3 Å². The zero-order chi connectivity index (χ0) is 13.7. The van der Waals surface area contributed by atoms with Gasteiger partial charge in [-0.2, -0.15) is 0 Å². The maximum atomic E-state index is 5.96. The summed E-state index contributed by atoms with van der Waals surface area (Å²) in [5.41, 5.74) is 3.45. The number of hydrogen-bond donors (Lipinski definition) is 1. The molecule has 0 aliphatic heterocycles. The molecule has 0 fully saturated rings. The Morgan fingerprint density at radius 3 is 2.53 bits per heavy atom. The fourth-order valence-electron chi connectivity index (χ4n) is 1.99. The molecule has 19 heavy (non-hydrogen) atoms. The first-order valence-electron chi connectivity index (χ1n) is 6.31. The summed E-state index contributed by atoms with van der Waals surface area (Å²) in [7, 11) is 1.94. The Kier molecular flexibility index (Phi) is 4.83. The molecule has 2 nitrogen and oxygen atoms in total. The summed E-state index contributed by atoms with van der Waals surface area (Å²) in [5, 5.41) is 3.91. The highest BCUT2D eigenvalue weighted by atomic mass is 35.5. The number of hydrogen-bond acceptors (Lipinski definition) is 2. The summed E-state index contributed by atoms with van der Waals surface area (Å²) >= 11 is 5.87. The van der Waals surface area contributed by atoms with Crippen molar-refractivity contribution in [2.24, 2.45) is 0 Å². The highest BCUT2D eigenvalue weighted by molar-refractivity contribution is 6.30. The number of ether oxygens (including phenoxy) is 1. The van der Waals surface area contributed by atoms with E-state index >= 15 is 0 Å². The molecule has 2 aromatic carbocycles. The normalized spacial score (nSPS) is 10.5. The van der Waals surface area contributed by atoms with Gasteiger partial charge in [0.1, 0.15) is 12.4 Å². The average Bonchev–Trinajstić information content (AvgIpc) is 2.40. The van der Waals surface area contributed by atoms with E-state index in [0.29, 0.717) is 6.61 Å². The summed E-state index contributed by atoms with van der Waals surface area (Å²) in [4.78, 5) is 0. The molecule has 0 aliphatic rings. The van der Waals surface area contributed by atoms with Crippen molar-refractivity contribution in [2.75, 3.05) is 7.05 Å². The van der Waals surface area contributed by atoms with Crippen molar-refractivity contribution < 1.29 is 4.74 Å². The number of halogens is 1. The molecule has 0 saturated heterocycles. The average molecular weight is 276 g/mol. The van der Waals surface area contributed by atoms with Gasteiger partial charge in [0, 0.05) is 17.1 Å². The van der Waals surface area contributed by atoms with Crippen LogP contribution in [0.25, 0.3) is 0 Å².